The number of hydrogen-bond acceptors (Lipinski definition) is 7. The number of benzene rings is 12. The van der Waals surface area contributed by atoms with Gasteiger partial charge in [-0.05, 0) is 24.3 Å². The second kappa shape index (κ2) is 17.7. The number of ether oxygens (including phenoxy) is 2. The molecule has 0 saturated carbocycles. The molecule has 0 spiro atoms. The van der Waals surface area contributed by atoms with Gasteiger partial charge in [-0.1, -0.05) is 36.4 Å². The van der Waals surface area contributed by atoms with Crippen molar-refractivity contribution in [3.63, 3.8) is 0 Å². The first-order valence-electron chi connectivity index (χ1n) is 27.8. The van der Waals surface area contributed by atoms with E-state index in [0.717, 1.165) is 107 Å². The SMILES string of the molecule is c1ccc(Oc2ccc3c(c2)oc2c4c5c(cc23)N(c2ccccc2)c2cc3c(cc2B5c2ccccc2[Se]4)B2c4ccccc4N(c4ccccc4)c4c2c(cc2c4oc4cc(Oc5ccccc5)ccc42)N3c2ccccc2)cc1. The average Bonchev–Trinajstić information content (AvgIpc) is 3.00. The fourth-order valence-corrected chi connectivity index (χ4v) is 16.2. The molecule has 0 aliphatic carbocycles. The molecule has 0 saturated heterocycles. The van der Waals surface area contributed by atoms with Crippen LogP contribution >= 0.6 is 0 Å². The van der Waals surface area contributed by atoms with E-state index >= 15 is 0 Å². The topological polar surface area (TPSA) is 54.5 Å². The van der Waals surface area contributed by atoms with Gasteiger partial charge in [0, 0.05) is 6.07 Å². The molecular weight excluding hydrogens is 1070 g/mol. The van der Waals surface area contributed by atoms with Gasteiger partial charge in [0.05, 0.1) is 0 Å². The summed E-state index contributed by atoms with van der Waals surface area (Å²) in [4.78, 5) is 7.51. The number of para-hydroxylation sites is 6. The van der Waals surface area contributed by atoms with Crippen LogP contribution < -0.4 is 65.9 Å². The molecule has 0 unspecified atom stereocenters. The summed E-state index contributed by atoms with van der Waals surface area (Å²) in [6.45, 7) is -0.280. The Morgan fingerprint density at radius 3 is 1.37 bits per heavy atom. The van der Waals surface area contributed by atoms with Crippen LogP contribution in [0.25, 0.3) is 43.9 Å². The molecule has 0 radical (unpaired) electrons. The predicted octanol–water partition coefficient (Wildman–Crippen LogP) is 13.4. The first-order chi connectivity index (χ1) is 40.7. The van der Waals surface area contributed by atoms with Gasteiger partial charge in [0.15, 0.2) is 0 Å². The molecule has 0 fully saturated rings. The van der Waals surface area contributed by atoms with Crippen LogP contribution in [0.3, 0.4) is 0 Å². The summed E-state index contributed by atoms with van der Waals surface area (Å²) in [6, 6.07) is 93.1. The van der Waals surface area contributed by atoms with E-state index in [9.17, 15) is 0 Å². The quantitative estimate of drug-likeness (QED) is 0.147. The maximum atomic E-state index is 7.31. The predicted molar refractivity (Wildman–Crippen MR) is 339 cm³/mol. The number of fused-ring (bicyclic) bond motifs is 16. The van der Waals surface area contributed by atoms with Crippen molar-refractivity contribution in [2.75, 3.05) is 14.7 Å². The van der Waals surface area contributed by atoms with Crippen LogP contribution in [0.1, 0.15) is 0 Å². The summed E-state index contributed by atoms with van der Waals surface area (Å²) in [5.41, 5.74) is 20.8. The number of hydrogen-bond donors (Lipinski definition) is 0. The van der Waals surface area contributed by atoms with Crippen LogP contribution in [0, 0.1) is 0 Å². The third-order valence-electron chi connectivity index (χ3n) is 16.9. The van der Waals surface area contributed by atoms with Crippen LogP contribution in [-0.2, 0) is 0 Å². The first kappa shape index (κ1) is 45.7. The van der Waals surface area contributed by atoms with E-state index in [0.29, 0.717) is 5.75 Å². The molecule has 4 aliphatic rings. The molecule has 0 bridgehead atoms. The molecule has 0 atom stereocenters. The summed E-state index contributed by atoms with van der Waals surface area (Å²) < 4.78 is 30.0. The molecule has 7 nitrogen and oxygen atoms in total. The minimum atomic E-state index is -0.185. The fourth-order valence-electron chi connectivity index (χ4n) is 13.6. The molecule has 0 N–H and O–H groups in total. The van der Waals surface area contributed by atoms with E-state index in [2.05, 4.69) is 209 Å². The Morgan fingerprint density at radius 1 is 0.317 bits per heavy atom. The van der Waals surface area contributed by atoms with Gasteiger partial charge in [0.1, 0.15) is 11.5 Å². The Labute approximate surface area is 479 Å². The second-order valence-electron chi connectivity index (χ2n) is 21.4. The molecule has 12 aromatic carbocycles. The van der Waals surface area contributed by atoms with Crippen molar-refractivity contribution >= 4 is 165 Å². The summed E-state index contributed by atoms with van der Waals surface area (Å²) in [5, 5.41) is 4.20. The second-order valence-corrected chi connectivity index (χ2v) is 23.7. The fraction of sp³-hybridized carbons (Fsp3) is 0. The zero-order chi connectivity index (χ0) is 53.6. The van der Waals surface area contributed by atoms with Crippen molar-refractivity contribution < 1.29 is 18.3 Å². The van der Waals surface area contributed by atoms with Gasteiger partial charge < -0.3 is 4.74 Å². The molecule has 2 aromatic heterocycles. The Balaban J connectivity index is 0.930. The average molecular weight is 1110 g/mol. The zero-order valence-corrected chi connectivity index (χ0v) is 45.6. The molecular formula is C72H43B2N3O4Se. The molecule has 6 heterocycles. The van der Waals surface area contributed by atoms with Crippen molar-refractivity contribution in [2.45, 2.75) is 0 Å². The standard InChI is InChI=1S/C72H43B2N3O4Se/c1-6-20-44(21-7-1)75-60-43-61-58(74-56-31-17-19-33-66(56)82-72-68(74)63(76(61)45-22-8-2-9-23-45)41-54-52-37-35-50(39-65(52)81-71(54)72)79-48-28-14-5-15-29-48)42-57(60)73-55-30-16-18-32-59(55)77(46-24-10-3-11-25-46)69-67(73)62(75)40-53-51-36-34-49(38-64(51)80-70(53)69)78-47-26-12-4-13-27-47/h1-43H. The van der Waals surface area contributed by atoms with Gasteiger partial charge in [-0.2, -0.15) is 0 Å². The Hall–Kier alpha value is -10.1. The van der Waals surface area contributed by atoms with Crippen LogP contribution in [-0.4, -0.2) is 28.4 Å². The van der Waals surface area contributed by atoms with Crippen molar-refractivity contribution in [1.29, 1.82) is 0 Å². The normalized spacial score (nSPS) is 13.4. The van der Waals surface area contributed by atoms with E-state index in [1.165, 1.54) is 47.4 Å². The number of furan rings is 2. The summed E-state index contributed by atoms with van der Waals surface area (Å²) in [6.07, 6.45) is 0. The van der Waals surface area contributed by atoms with Gasteiger partial charge >= 0.3 is 399 Å². The van der Waals surface area contributed by atoms with Crippen molar-refractivity contribution in [3.05, 3.63) is 261 Å². The van der Waals surface area contributed by atoms with Crippen LogP contribution in [0.5, 0.6) is 23.0 Å². The zero-order valence-electron chi connectivity index (χ0n) is 43.9. The van der Waals surface area contributed by atoms with Gasteiger partial charge in [-0.3, -0.25) is 0 Å². The van der Waals surface area contributed by atoms with Gasteiger partial charge in [0.25, 0.3) is 0 Å². The molecule has 10 heteroatoms. The Kier molecular flexibility index (Phi) is 9.87. The minimum absolute atomic E-state index is 0.0739. The van der Waals surface area contributed by atoms with Gasteiger partial charge in [0.2, 0.25) is 0 Å². The monoisotopic (exact) mass is 1120 g/mol. The Bertz CT molecular complexity index is 4940. The maximum absolute atomic E-state index is 7.31. The van der Waals surface area contributed by atoms with E-state index in [1.54, 1.807) is 0 Å². The van der Waals surface area contributed by atoms with Gasteiger partial charge in [-0.25, -0.2) is 0 Å². The summed E-state index contributed by atoms with van der Waals surface area (Å²) in [7, 11) is 0. The third-order valence-corrected chi connectivity index (χ3v) is 19.4. The van der Waals surface area contributed by atoms with Crippen molar-refractivity contribution in [2.24, 2.45) is 0 Å². The number of nitrogens with zero attached hydrogens (tertiary/aromatic N) is 3. The van der Waals surface area contributed by atoms with Crippen LogP contribution in [0.2, 0.25) is 0 Å². The molecule has 382 valence electrons. The Morgan fingerprint density at radius 2 is 0.780 bits per heavy atom. The van der Waals surface area contributed by atoms with Crippen LogP contribution in [0.15, 0.2) is 270 Å². The summed E-state index contributed by atoms with van der Waals surface area (Å²) in [5.74, 6) is 3.00. The molecule has 14 aromatic rings. The van der Waals surface area contributed by atoms with Gasteiger partial charge in [-0.15, -0.1) is 0 Å². The first-order valence-corrected chi connectivity index (χ1v) is 29.5. The van der Waals surface area contributed by atoms with E-state index in [1.807, 2.05) is 66.7 Å². The van der Waals surface area contributed by atoms with E-state index in [4.69, 9.17) is 18.3 Å². The molecule has 18 rings (SSSR count). The van der Waals surface area contributed by atoms with Crippen molar-refractivity contribution in [1.82, 2.24) is 0 Å². The van der Waals surface area contributed by atoms with Crippen molar-refractivity contribution in [3.8, 4) is 23.0 Å². The van der Waals surface area contributed by atoms with Crippen LogP contribution in [0.4, 0.5) is 51.2 Å². The van der Waals surface area contributed by atoms with E-state index in [-0.39, 0.29) is 28.4 Å². The number of rotatable bonds is 7. The summed E-state index contributed by atoms with van der Waals surface area (Å²) >= 11 is -0.0739. The molecule has 4 aliphatic heterocycles. The third kappa shape index (κ3) is 6.74. The molecule has 0 amide bonds. The van der Waals surface area contributed by atoms with E-state index < -0.39 is 0 Å². The molecule has 82 heavy (non-hydrogen) atoms. The number of anilines is 9.